The zero-order valence-corrected chi connectivity index (χ0v) is 13.6. The number of rotatable bonds is 0. The SMILES string of the molecule is CC1=C(C)C[C@@]2(C)C(=C1)C(=O)C1=CC(C)C(C)C[C@@]12C. The van der Waals surface area contributed by atoms with E-state index < -0.39 is 0 Å². The number of carbonyl (C=O) groups excluding carboxylic acids is 1. The zero-order valence-electron chi connectivity index (χ0n) is 13.6. The van der Waals surface area contributed by atoms with Gasteiger partial charge < -0.3 is 0 Å². The smallest absolute Gasteiger partial charge is 0.185 e. The Morgan fingerprint density at radius 3 is 2.40 bits per heavy atom. The van der Waals surface area contributed by atoms with E-state index in [9.17, 15) is 4.79 Å². The molecule has 0 heterocycles. The van der Waals surface area contributed by atoms with Crippen LogP contribution >= 0.6 is 0 Å². The van der Waals surface area contributed by atoms with Gasteiger partial charge in [-0.1, -0.05) is 51.0 Å². The van der Waals surface area contributed by atoms with E-state index >= 15 is 0 Å². The van der Waals surface area contributed by atoms with Gasteiger partial charge in [-0.2, -0.15) is 0 Å². The Balaban J connectivity index is 2.22. The summed E-state index contributed by atoms with van der Waals surface area (Å²) in [4.78, 5) is 12.9. The molecule has 0 aliphatic heterocycles. The van der Waals surface area contributed by atoms with E-state index in [1.807, 2.05) is 0 Å². The maximum absolute atomic E-state index is 12.9. The maximum Gasteiger partial charge on any atom is 0.185 e. The first-order valence-corrected chi connectivity index (χ1v) is 7.86. The zero-order chi connectivity index (χ0) is 14.9. The predicted molar refractivity (Wildman–Crippen MR) is 83.3 cm³/mol. The number of carbonyl (C=O) groups is 1. The molecule has 0 aromatic carbocycles. The first-order chi connectivity index (χ1) is 9.20. The van der Waals surface area contributed by atoms with Crippen LogP contribution < -0.4 is 0 Å². The van der Waals surface area contributed by atoms with E-state index in [-0.39, 0.29) is 10.8 Å². The van der Waals surface area contributed by atoms with E-state index in [1.54, 1.807) is 0 Å². The molecule has 108 valence electrons. The Kier molecular flexibility index (Phi) is 2.74. The van der Waals surface area contributed by atoms with Gasteiger partial charge in [-0.3, -0.25) is 4.79 Å². The lowest BCUT2D eigenvalue weighted by Crippen LogP contribution is -2.40. The molecule has 20 heavy (non-hydrogen) atoms. The average Bonchev–Trinajstić information content (AvgIpc) is 2.50. The molecule has 4 atom stereocenters. The van der Waals surface area contributed by atoms with Crippen LogP contribution in [0.25, 0.3) is 0 Å². The van der Waals surface area contributed by atoms with Gasteiger partial charge in [-0.05, 0) is 38.5 Å². The molecule has 1 heteroatoms. The second-order valence-electron chi connectivity index (χ2n) is 7.81. The van der Waals surface area contributed by atoms with Crippen molar-refractivity contribution in [3.63, 3.8) is 0 Å². The van der Waals surface area contributed by atoms with Crippen molar-refractivity contribution < 1.29 is 4.79 Å². The summed E-state index contributed by atoms with van der Waals surface area (Å²) in [6.45, 7) is 13.6. The molecule has 0 N–H and O–H groups in total. The Bertz CT molecular complexity index is 587. The standard InChI is InChI=1S/C19H26O/c1-11-7-15-17(20)16-8-12(2)14(4)10-19(16,6)18(15,5)9-13(11)3/h7-8,11,13H,9-10H2,1-6H3/t11?,13?,18-,19-/m0/s1. The monoisotopic (exact) mass is 270 g/mol. The van der Waals surface area contributed by atoms with Gasteiger partial charge in [0.1, 0.15) is 0 Å². The molecule has 0 aromatic rings. The number of ketones is 1. The van der Waals surface area contributed by atoms with E-state index in [1.165, 1.54) is 11.1 Å². The Morgan fingerprint density at radius 1 is 1.10 bits per heavy atom. The minimum Gasteiger partial charge on any atom is -0.289 e. The van der Waals surface area contributed by atoms with E-state index in [2.05, 4.69) is 53.7 Å². The van der Waals surface area contributed by atoms with Gasteiger partial charge in [0.2, 0.25) is 0 Å². The number of Topliss-reactive ketones (excluding diaryl/α,β-unsaturated/α-hetero) is 1. The van der Waals surface area contributed by atoms with Crippen molar-refractivity contribution in [1.29, 1.82) is 0 Å². The van der Waals surface area contributed by atoms with Crippen LogP contribution in [-0.4, -0.2) is 5.78 Å². The van der Waals surface area contributed by atoms with Crippen LogP contribution in [-0.2, 0) is 4.79 Å². The Labute approximate surface area is 122 Å². The summed E-state index contributed by atoms with van der Waals surface area (Å²) < 4.78 is 0. The van der Waals surface area contributed by atoms with Crippen molar-refractivity contribution >= 4 is 5.78 Å². The molecule has 0 radical (unpaired) electrons. The molecule has 3 aliphatic carbocycles. The largest absolute Gasteiger partial charge is 0.289 e. The summed E-state index contributed by atoms with van der Waals surface area (Å²) in [6.07, 6.45) is 6.60. The highest BCUT2D eigenvalue weighted by Gasteiger charge is 2.60. The second-order valence-corrected chi connectivity index (χ2v) is 7.81. The van der Waals surface area contributed by atoms with Crippen LogP contribution in [0.1, 0.15) is 54.4 Å². The van der Waals surface area contributed by atoms with Crippen LogP contribution in [0.5, 0.6) is 0 Å². The second kappa shape index (κ2) is 3.96. The van der Waals surface area contributed by atoms with Crippen LogP contribution in [0.15, 0.2) is 34.4 Å². The first kappa shape index (κ1) is 13.9. The molecular formula is C19H26O. The van der Waals surface area contributed by atoms with Gasteiger partial charge in [0.25, 0.3) is 0 Å². The van der Waals surface area contributed by atoms with Crippen LogP contribution in [0, 0.1) is 22.7 Å². The van der Waals surface area contributed by atoms with Gasteiger partial charge in [-0.25, -0.2) is 0 Å². The first-order valence-electron chi connectivity index (χ1n) is 7.86. The highest BCUT2D eigenvalue weighted by molar-refractivity contribution is 6.14. The summed E-state index contributed by atoms with van der Waals surface area (Å²) in [5, 5.41) is 0. The fourth-order valence-corrected chi connectivity index (χ4v) is 4.62. The molecule has 0 spiro atoms. The minimum atomic E-state index is -0.00604. The summed E-state index contributed by atoms with van der Waals surface area (Å²) in [6, 6.07) is 0. The van der Waals surface area contributed by atoms with E-state index in [0.29, 0.717) is 17.6 Å². The maximum atomic E-state index is 12.9. The number of hydrogen-bond donors (Lipinski definition) is 0. The summed E-state index contributed by atoms with van der Waals surface area (Å²) >= 11 is 0. The van der Waals surface area contributed by atoms with Crippen molar-refractivity contribution in [2.45, 2.75) is 54.4 Å². The third kappa shape index (κ3) is 1.47. The highest BCUT2D eigenvalue weighted by Crippen LogP contribution is 2.65. The number of allylic oxidation sites excluding steroid dienone is 6. The topological polar surface area (TPSA) is 17.1 Å². The average molecular weight is 270 g/mol. The molecule has 1 saturated carbocycles. The van der Waals surface area contributed by atoms with Gasteiger partial charge in [0.15, 0.2) is 5.78 Å². The molecule has 1 fully saturated rings. The highest BCUT2D eigenvalue weighted by atomic mass is 16.1. The quantitative estimate of drug-likeness (QED) is 0.615. The lowest BCUT2D eigenvalue weighted by molar-refractivity contribution is -0.112. The Morgan fingerprint density at radius 2 is 1.75 bits per heavy atom. The molecule has 0 saturated heterocycles. The summed E-state index contributed by atoms with van der Waals surface area (Å²) in [5.41, 5.74) is 4.90. The van der Waals surface area contributed by atoms with Crippen LogP contribution in [0.4, 0.5) is 0 Å². The third-order valence-corrected chi connectivity index (χ3v) is 6.61. The molecular weight excluding hydrogens is 244 g/mol. The fourth-order valence-electron chi connectivity index (χ4n) is 4.62. The molecule has 0 amide bonds. The molecule has 2 unspecified atom stereocenters. The van der Waals surface area contributed by atoms with Gasteiger partial charge >= 0.3 is 0 Å². The lowest BCUT2D eigenvalue weighted by atomic mass is 9.55. The summed E-state index contributed by atoms with van der Waals surface area (Å²) in [5.74, 6) is 1.49. The Hall–Kier alpha value is -1.11. The van der Waals surface area contributed by atoms with E-state index in [4.69, 9.17) is 0 Å². The third-order valence-electron chi connectivity index (χ3n) is 6.61. The number of hydrogen-bond acceptors (Lipinski definition) is 1. The summed E-state index contributed by atoms with van der Waals surface area (Å²) in [7, 11) is 0. The molecule has 0 aromatic heterocycles. The van der Waals surface area contributed by atoms with Gasteiger partial charge in [-0.15, -0.1) is 0 Å². The molecule has 3 rings (SSSR count). The number of fused-ring (bicyclic) bond motifs is 3. The normalized spacial score (nSPS) is 44.0. The van der Waals surface area contributed by atoms with Gasteiger partial charge in [0.05, 0.1) is 0 Å². The lowest BCUT2D eigenvalue weighted by Gasteiger charge is -2.47. The predicted octanol–water partition coefficient (Wildman–Crippen LogP) is 4.85. The van der Waals surface area contributed by atoms with Crippen molar-refractivity contribution in [3.05, 3.63) is 34.4 Å². The van der Waals surface area contributed by atoms with Crippen LogP contribution in [0.3, 0.4) is 0 Å². The van der Waals surface area contributed by atoms with Crippen molar-refractivity contribution in [1.82, 2.24) is 0 Å². The minimum absolute atomic E-state index is 0.00604. The van der Waals surface area contributed by atoms with Crippen LogP contribution in [0.2, 0.25) is 0 Å². The molecule has 1 nitrogen and oxygen atoms in total. The van der Waals surface area contributed by atoms with Crippen molar-refractivity contribution in [3.8, 4) is 0 Å². The van der Waals surface area contributed by atoms with Gasteiger partial charge in [0, 0.05) is 22.0 Å². The van der Waals surface area contributed by atoms with Crippen molar-refractivity contribution in [2.24, 2.45) is 22.7 Å². The molecule has 0 bridgehead atoms. The fraction of sp³-hybridized carbons (Fsp3) is 0.632. The van der Waals surface area contributed by atoms with Crippen molar-refractivity contribution in [2.75, 3.05) is 0 Å². The molecule has 3 aliphatic rings. The van der Waals surface area contributed by atoms with E-state index in [0.717, 1.165) is 24.0 Å².